The van der Waals surface area contributed by atoms with Gasteiger partial charge in [-0.15, -0.1) is 0 Å². The highest BCUT2D eigenvalue weighted by atomic mass is 79.9. The lowest BCUT2D eigenvalue weighted by Gasteiger charge is -2.16. The number of thiazole rings is 1. The van der Waals surface area contributed by atoms with Crippen LogP contribution in [-0.4, -0.2) is 23.7 Å². The van der Waals surface area contributed by atoms with Crippen LogP contribution in [0.1, 0.15) is 13.3 Å². The number of hydrogen-bond acceptors (Lipinski definition) is 4. The summed E-state index contributed by atoms with van der Waals surface area (Å²) in [6.45, 7) is 2.28. The van der Waals surface area contributed by atoms with E-state index < -0.39 is 11.2 Å². The van der Waals surface area contributed by atoms with Gasteiger partial charge in [0.05, 0.1) is 6.04 Å². The molecule has 2 aromatic rings. The number of cyclic esters (lactones) is 1. The SMILES string of the molecule is CCC1COC(=O)N1c1nc(-c2ccc(Br)cc2)c(F)s1. The summed E-state index contributed by atoms with van der Waals surface area (Å²) in [4.78, 5) is 17.5. The Hall–Kier alpha value is -1.47. The molecule has 0 bridgehead atoms. The molecule has 110 valence electrons. The fraction of sp³-hybridized carbons (Fsp3) is 0.286. The zero-order valence-corrected chi connectivity index (χ0v) is 13.6. The van der Waals surface area contributed by atoms with E-state index in [1.165, 1.54) is 4.90 Å². The van der Waals surface area contributed by atoms with Crippen molar-refractivity contribution >= 4 is 38.5 Å². The minimum absolute atomic E-state index is 0.0826. The van der Waals surface area contributed by atoms with Crippen LogP contribution in [0.2, 0.25) is 0 Å². The van der Waals surface area contributed by atoms with E-state index >= 15 is 0 Å². The van der Waals surface area contributed by atoms with Crippen molar-refractivity contribution in [2.24, 2.45) is 0 Å². The molecule has 1 aliphatic heterocycles. The first-order valence-corrected chi connectivity index (χ1v) is 8.09. The third-order valence-electron chi connectivity index (χ3n) is 3.33. The van der Waals surface area contributed by atoms with Gasteiger partial charge in [0.15, 0.2) is 5.13 Å². The van der Waals surface area contributed by atoms with Gasteiger partial charge in [-0.3, -0.25) is 0 Å². The molecule has 21 heavy (non-hydrogen) atoms. The predicted octanol–water partition coefficient (Wildman–Crippen LogP) is 4.45. The van der Waals surface area contributed by atoms with E-state index in [0.29, 0.717) is 17.3 Å². The third-order valence-corrected chi connectivity index (χ3v) is 4.70. The summed E-state index contributed by atoms with van der Waals surface area (Å²) in [5, 5.41) is -0.0540. The van der Waals surface area contributed by atoms with E-state index in [0.717, 1.165) is 22.2 Å². The van der Waals surface area contributed by atoms with Crippen LogP contribution in [0.5, 0.6) is 0 Å². The Morgan fingerprint density at radius 2 is 2.19 bits per heavy atom. The van der Waals surface area contributed by atoms with Gasteiger partial charge in [-0.25, -0.2) is 14.7 Å². The van der Waals surface area contributed by atoms with Gasteiger partial charge in [-0.05, 0) is 18.6 Å². The zero-order chi connectivity index (χ0) is 15.0. The van der Waals surface area contributed by atoms with Crippen LogP contribution in [0.15, 0.2) is 28.7 Å². The molecule has 7 heteroatoms. The van der Waals surface area contributed by atoms with Crippen molar-refractivity contribution in [3.05, 3.63) is 33.9 Å². The number of rotatable bonds is 3. The summed E-state index contributed by atoms with van der Waals surface area (Å²) in [5.41, 5.74) is 0.941. The first-order chi connectivity index (χ1) is 10.1. The second-order valence-corrected chi connectivity index (χ2v) is 6.48. The number of hydrogen-bond donors (Lipinski definition) is 0. The van der Waals surface area contributed by atoms with E-state index in [-0.39, 0.29) is 11.7 Å². The first-order valence-electron chi connectivity index (χ1n) is 6.48. The highest BCUT2D eigenvalue weighted by Gasteiger charge is 2.35. The molecule has 1 atom stereocenters. The number of carbonyl (C=O) groups excluding carboxylic acids is 1. The van der Waals surface area contributed by atoms with Gasteiger partial charge in [0.2, 0.25) is 5.13 Å². The maximum Gasteiger partial charge on any atom is 0.416 e. The van der Waals surface area contributed by atoms with Gasteiger partial charge in [0, 0.05) is 10.0 Å². The molecule has 1 aromatic carbocycles. The van der Waals surface area contributed by atoms with Crippen LogP contribution < -0.4 is 4.90 Å². The molecular weight excluding hydrogens is 359 g/mol. The van der Waals surface area contributed by atoms with E-state index in [1.807, 2.05) is 19.1 Å². The second kappa shape index (κ2) is 5.73. The number of anilines is 1. The third kappa shape index (κ3) is 2.67. The number of amides is 1. The molecule has 4 nitrogen and oxygen atoms in total. The maximum atomic E-state index is 14.2. The smallest absolute Gasteiger partial charge is 0.416 e. The second-order valence-electron chi connectivity index (χ2n) is 4.63. The van der Waals surface area contributed by atoms with Gasteiger partial charge in [-0.1, -0.05) is 46.3 Å². The normalized spacial score (nSPS) is 18.1. The van der Waals surface area contributed by atoms with Crippen LogP contribution in [0.4, 0.5) is 14.3 Å². The number of carbonyl (C=O) groups is 1. The Morgan fingerprint density at radius 1 is 1.48 bits per heavy atom. The Balaban J connectivity index is 1.97. The molecular formula is C14H12BrFN2O2S. The lowest BCUT2D eigenvalue weighted by Crippen LogP contribution is -2.32. The summed E-state index contributed by atoms with van der Waals surface area (Å²) in [7, 11) is 0. The number of ether oxygens (including phenoxy) is 1. The van der Waals surface area contributed by atoms with E-state index in [9.17, 15) is 9.18 Å². The van der Waals surface area contributed by atoms with Crippen molar-refractivity contribution in [1.82, 2.24) is 4.98 Å². The van der Waals surface area contributed by atoms with Gasteiger partial charge in [-0.2, -0.15) is 4.39 Å². The molecule has 2 heterocycles. The molecule has 0 aliphatic carbocycles. The van der Waals surface area contributed by atoms with Gasteiger partial charge in [0.1, 0.15) is 12.3 Å². The molecule has 3 rings (SSSR count). The topological polar surface area (TPSA) is 42.4 Å². The van der Waals surface area contributed by atoms with E-state index in [4.69, 9.17) is 4.74 Å². The van der Waals surface area contributed by atoms with Crippen molar-refractivity contribution in [3.63, 3.8) is 0 Å². The monoisotopic (exact) mass is 370 g/mol. The standard InChI is InChI=1S/C14H12BrFN2O2S/c1-2-10-7-20-14(19)18(10)13-17-11(12(16)21-13)8-3-5-9(15)6-4-8/h3-6,10H,2,7H2,1H3. The fourth-order valence-corrected chi connectivity index (χ4v) is 3.32. The first kappa shape index (κ1) is 14.5. The Morgan fingerprint density at radius 3 is 2.86 bits per heavy atom. The average Bonchev–Trinajstić information content (AvgIpc) is 3.02. The lowest BCUT2D eigenvalue weighted by atomic mass is 10.2. The number of halogens is 2. The Labute approximate surface area is 133 Å². The molecule has 1 aliphatic rings. The molecule has 1 amide bonds. The van der Waals surface area contributed by atoms with Crippen molar-refractivity contribution < 1.29 is 13.9 Å². The summed E-state index contributed by atoms with van der Waals surface area (Å²) >= 11 is 4.21. The number of benzene rings is 1. The summed E-state index contributed by atoms with van der Waals surface area (Å²) in [6.07, 6.45) is 0.276. The van der Waals surface area contributed by atoms with E-state index in [2.05, 4.69) is 20.9 Å². The van der Waals surface area contributed by atoms with Crippen molar-refractivity contribution in [1.29, 1.82) is 0 Å². The summed E-state index contributed by atoms with van der Waals surface area (Å²) in [6, 6.07) is 7.14. The molecule has 0 spiro atoms. The van der Waals surface area contributed by atoms with Gasteiger partial charge < -0.3 is 4.74 Å². The maximum absolute atomic E-state index is 14.2. The number of aromatic nitrogens is 1. The minimum atomic E-state index is -0.460. The van der Waals surface area contributed by atoms with Gasteiger partial charge >= 0.3 is 6.09 Å². The molecule has 1 unspecified atom stereocenters. The molecule has 0 N–H and O–H groups in total. The molecule has 1 saturated heterocycles. The molecule has 0 radical (unpaired) electrons. The van der Waals surface area contributed by atoms with Crippen molar-refractivity contribution in [2.75, 3.05) is 11.5 Å². The van der Waals surface area contributed by atoms with Crippen molar-refractivity contribution in [3.8, 4) is 11.3 Å². The average molecular weight is 371 g/mol. The highest BCUT2D eigenvalue weighted by Crippen LogP contribution is 2.35. The Bertz CT molecular complexity index is 674. The fourth-order valence-electron chi connectivity index (χ4n) is 2.18. The predicted molar refractivity (Wildman–Crippen MR) is 83.1 cm³/mol. The van der Waals surface area contributed by atoms with E-state index in [1.54, 1.807) is 12.1 Å². The highest BCUT2D eigenvalue weighted by molar-refractivity contribution is 9.10. The largest absolute Gasteiger partial charge is 0.447 e. The molecule has 1 fully saturated rings. The zero-order valence-electron chi connectivity index (χ0n) is 11.2. The van der Waals surface area contributed by atoms with Crippen LogP contribution >= 0.6 is 27.3 Å². The van der Waals surface area contributed by atoms with Crippen LogP contribution in [0.3, 0.4) is 0 Å². The summed E-state index contributed by atoms with van der Waals surface area (Å²) < 4.78 is 20.1. The summed E-state index contributed by atoms with van der Waals surface area (Å²) in [5.74, 6) is 0. The van der Waals surface area contributed by atoms with Crippen molar-refractivity contribution in [2.45, 2.75) is 19.4 Å². The quantitative estimate of drug-likeness (QED) is 0.801. The van der Waals surface area contributed by atoms with Crippen LogP contribution in [-0.2, 0) is 4.74 Å². The minimum Gasteiger partial charge on any atom is -0.447 e. The molecule has 0 saturated carbocycles. The molecule has 1 aromatic heterocycles. The van der Waals surface area contributed by atoms with Gasteiger partial charge in [0.25, 0.3) is 0 Å². The lowest BCUT2D eigenvalue weighted by molar-refractivity contribution is 0.178. The van der Waals surface area contributed by atoms with Crippen LogP contribution in [0.25, 0.3) is 11.3 Å². The van der Waals surface area contributed by atoms with Crippen LogP contribution in [0, 0.1) is 5.13 Å². The number of nitrogens with zero attached hydrogens (tertiary/aromatic N) is 2. The Kier molecular flexibility index (Phi) is 3.95.